The lowest BCUT2D eigenvalue weighted by molar-refractivity contribution is -0.488. The number of nitrogens with zero attached hydrogens (tertiary/aromatic N) is 3. The molecule has 1 aromatic rings. The molecule has 16 heavy (non-hydrogen) atoms. The Hall–Kier alpha value is -2.31. The highest BCUT2D eigenvalue weighted by Crippen LogP contribution is 2.21. The number of carbonyl (C=O) groups is 1. The summed E-state index contributed by atoms with van der Waals surface area (Å²) in [6, 6.07) is 1.79. The first-order valence-corrected chi connectivity index (χ1v) is 4.51. The number of amides is 1. The first-order valence-electron chi connectivity index (χ1n) is 4.51. The quantitative estimate of drug-likeness (QED) is 0.536. The molecule has 1 aromatic heterocycles. The van der Waals surface area contributed by atoms with Gasteiger partial charge in [0.25, 0.3) is 0 Å². The van der Waals surface area contributed by atoms with E-state index in [1.807, 2.05) is 0 Å². The van der Waals surface area contributed by atoms with Gasteiger partial charge in [-0.1, -0.05) is 0 Å². The lowest BCUT2D eigenvalue weighted by Crippen LogP contribution is -2.46. The molecule has 0 radical (unpaired) electrons. The molecular weight excluding hydrogens is 212 g/mol. The summed E-state index contributed by atoms with van der Waals surface area (Å²) in [4.78, 5) is 29.4. The number of hydrogen-bond acceptors (Lipinski definition) is 5. The number of aromatic nitrogens is 1. The summed E-state index contributed by atoms with van der Waals surface area (Å²) < 4.78 is 0. The number of anilines is 1. The van der Waals surface area contributed by atoms with Crippen LogP contribution in [0.15, 0.2) is 23.3 Å². The number of hydrogen-bond donors (Lipinski definition) is 1. The zero-order valence-corrected chi connectivity index (χ0v) is 8.38. The molecule has 0 saturated heterocycles. The number of aliphatic imine (C=N–C) groups is 1. The molecule has 0 bridgehead atoms. The molecule has 82 valence electrons. The van der Waals surface area contributed by atoms with Crippen molar-refractivity contribution in [2.24, 2.45) is 4.99 Å². The summed E-state index contributed by atoms with van der Waals surface area (Å²) in [6.07, 6.45) is 1.50. The molecule has 0 fully saturated rings. The third kappa shape index (κ3) is 1.42. The molecule has 0 spiro atoms. The fourth-order valence-electron chi connectivity index (χ4n) is 1.59. The normalized spacial score (nSPS) is 21.4. The Morgan fingerprint density at radius 3 is 3.00 bits per heavy atom. The highest BCUT2D eigenvalue weighted by Gasteiger charge is 2.42. The van der Waals surface area contributed by atoms with Crippen LogP contribution < -0.4 is 5.32 Å². The van der Waals surface area contributed by atoms with Crippen molar-refractivity contribution in [1.82, 2.24) is 4.98 Å². The third-order valence-electron chi connectivity index (χ3n) is 2.27. The zero-order chi connectivity index (χ0) is 11.7. The maximum absolute atomic E-state index is 11.5. The number of pyridine rings is 1. The predicted molar refractivity (Wildman–Crippen MR) is 56.1 cm³/mol. The van der Waals surface area contributed by atoms with Crippen molar-refractivity contribution in [3.8, 4) is 0 Å². The molecule has 1 amide bonds. The first-order chi connectivity index (χ1) is 7.65. The molecule has 0 aromatic carbocycles. The molecule has 1 aliphatic rings. The summed E-state index contributed by atoms with van der Waals surface area (Å²) in [5, 5.41) is 13.2. The van der Waals surface area contributed by atoms with Crippen molar-refractivity contribution in [2.45, 2.75) is 6.04 Å². The molecule has 2 heterocycles. The fourth-order valence-corrected chi connectivity index (χ4v) is 1.59. The topological polar surface area (TPSA) is 97.5 Å². The van der Waals surface area contributed by atoms with Crippen LogP contribution in [0.3, 0.4) is 0 Å². The van der Waals surface area contributed by atoms with E-state index in [0.717, 1.165) is 0 Å². The number of nitro groups is 1. The standard InChI is InChI=1S/C9H8N4O3/c1-10-7-6-5(3-2-4-11-6)12-9(14)8(7)13(15)16/h2-4,8H,1H3,(H,12,14). The Bertz CT molecular complexity index is 497. The van der Waals surface area contributed by atoms with Gasteiger partial charge in [0, 0.05) is 18.2 Å². The van der Waals surface area contributed by atoms with Gasteiger partial charge >= 0.3 is 11.9 Å². The van der Waals surface area contributed by atoms with Crippen LogP contribution >= 0.6 is 0 Å². The molecule has 7 heteroatoms. The van der Waals surface area contributed by atoms with E-state index in [1.165, 1.54) is 13.2 Å². The van der Waals surface area contributed by atoms with Gasteiger partial charge < -0.3 is 5.32 Å². The minimum Gasteiger partial charge on any atom is -0.318 e. The van der Waals surface area contributed by atoms with Crippen LogP contribution in [0, 0.1) is 10.1 Å². The van der Waals surface area contributed by atoms with E-state index in [1.54, 1.807) is 12.1 Å². The van der Waals surface area contributed by atoms with E-state index in [9.17, 15) is 14.9 Å². The Morgan fingerprint density at radius 1 is 1.62 bits per heavy atom. The molecule has 2 rings (SSSR count). The molecular formula is C9H8N4O3. The van der Waals surface area contributed by atoms with Crippen molar-refractivity contribution in [3.05, 3.63) is 34.1 Å². The second-order valence-corrected chi connectivity index (χ2v) is 3.19. The van der Waals surface area contributed by atoms with E-state index >= 15 is 0 Å². The Balaban J connectivity index is 2.59. The van der Waals surface area contributed by atoms with Crippen molar-refractivity contribution in [2.75, 3.05) is 12.4 Å². The van der Waals surface area contributed by atoms with Crippen LogP contribution in [0.1, 0.15) is 5.69 Å². The molecule has 7 nitrogen and oxygen atoms in total. The SMILES string of the molecule is CN=C1c2ncccc2NC(=O)C1[N+](=O)[O-]. The van der Waals surface area contributed by atoms with Gasteiger partial charge in [-0.15, -0.1) is 0 Å². The van der Waals surface area contributed by atoms with Crippen LogP contribution in [-0.2, 0) is 4.79 Å². The van der Waals surface area contributed by atoms with E-state index in [2.05, 4.69) is 15.3 Å². The molecule has 1 atom stereocenters. The van der Waals surface area contributed by atoms with E-state index in [4.69, 9.17) is 0 Å². The van der Waals surface area contributed by atoms with Crippen LogP contribution in [0.5, 0.6) is 0 Å². The van der Waals surface area contributed by atoms with Gasteiger partial charge in [-0.25, -0.2) is 0 Å². The molecule has 0 saturated carbocycles. The average Bonchev–Trinajstić information content (AvgIpc) is 2.26. The Kier molecular flexibility index (Phi) is 2.35. The maximum atomic E-state index is 11.5. The van der Waals surface area contributed by atoms with Crippen LogP contribution in [0.25, 0.3) is 0 Å². The van der Waals surface area contributed by atoms with E-state index in [-0.39, 0.29) is 5.71 Å². The van der Waals surface area contributed by atoms with Crippen LogP contribution in [-0.4, -0.2) is 34.6 Å². The maximum Gasteiger partial charge on any atom is 0.333 e. The van der Waals surface area contributed by atoms with E-state index < -0.39 is 16.9 Å². The highest BCUT2D eigenvalue weighted by molar-refractivity contribution is 6.23. The summed E-state index contributed by atoms with van der Waals surface area (Å²) >= 11 is 0. The molecule has 1 aliphatic heterocycles. The lowest BCUT2D eigenvalue weighted by Gasteiger charge is -2.19. The van der Waals surface area contributed by atoms with Crippen LogP contribution in [0.4, 0.5) is 5.69 Å². The smallest absolute Gasteiger partial charge is 0.318 e. The summed E-state index contributed by atoms with van der Waals surface area (Å²) in [7, 11) is 1.41. The van der Waals surface area contributed by atoms with Gasteiger partial charge in [0.05, 0.1) is 5.69 Å². The van der Waals surface area contributed by atoms with Gasteiger partial charge in [-0.05, 0) is 12.1 Å². The average molecular weight is 220 g/mol. The summed E-state index contributed by atoms with van der Waals surface area (Å²) in [5.74, 6) is -0.689. The van der Waals surface area contributed by atoms with Crippen LogP contribution in [0.2, 0.25) is 0 Å². The van der Waals surface area contributed by atoms with Gasteiger partial charge in [-0.2, -0.15) is 0 Å². The van der Waals surface area contributed by atoms with Crippen molar-refractivity contribution < 1.29 is 9.72 Å². The third-order valence-corrected chi connectivity index (χ3v) is 2.27. The number of rotatable bonds is 1. The molecule has 1 unspecified atom stereocenters. The van der Waals surface area contributed by atoms with Gasteiger partial charge in [0.15, 0.2) is 0 Å². The zero-order valence-electron chi connectivity index (χ0n) is 8.38. The number of carbonyl (C=O) groups excluding carboxylic acids is 1. The van der Waals surface area contributed by atoms with Crippen molar-refractivity contribution in [3.63, 3.8) is 0 Å². The van der Waals surface area contributed by atoms with Gasteiger partial charge in [-0.3, -0.25) is 24.9 Å². The highest BCUT2D eigenvalue weighted by atomic mass is 16.6. The predicted octanol–water partition coefficient (Wildman–Crippen LogP) is 0.0979. The lowest BCUT2D eigenvalue weighted by atomic mass is 10.0. The largest absolute Gasteiger partial charge is 0.333 e. The molecule has 1 N–H and O–H groups in total. The summed E-state index contributed by atoms with van der Waals surface area (Å²) in [5.41, 5.74) is 0.891. The monoisotopic (exact) mass is 220 g/mol. The van der Waals surface area contributed by atoms with Gasteiger partial charge in [0.1, 0.15) is 11.4 Å². The second kappa shape index (κ2) is 3.69. The summed E-state index contributed by atoms with van der Waals surface area (Å²) in [6.45, 7) is 0. The second-order valence-electron chi connectivity index (χ2n) is 3.19. The van der Waals surface area contributed by atoms with Gasteiger partial charge in [0.2, 0.25) is 0 Å². The van der Waals surface area contributed by atoms with Crippen molar-refractivity contribution in [1.29, 1.82) is 0 Å². The minimum atomic E-state index is -1.48. The Labute approximate surface area is 90.4 Å². The Morgan fingerprint density at radius 2 is 2.38 bits per heavy atom. The van der Waals surface area contributed by atoms with E-state index in [0.29, 0.717) is 11.4 Å². The van der Waals surface area contributed by atoms with Crippen molar-refractivity contribution >= 4 is 17.3 Å². The number of nitrogens with one attached hydrogen (secondary N) is 1. The number of fused-ring (bicyclic) bond motifs is 1. The fraction of sp³-hybridized carbons (Fsp3) is 0.222. The minimum absolute atomic E-state index is 0.0874. The first kappa shape index (κ1) is 10.2. The molecule has 0 aliphatic carbocycles.